The number of rotatable bonds is 4. The van der Waals surface area contributed by atoms with Crippen LogP contribution in [0.2, 0.25) is 0 Å². The number of fused-ring (bicyclic) bond motifs is 1. The fraction of sp³-hybridized carbons (Fsp3) is 0.571. The lowest BCUT2D eigenvalue weighted by Gasteiger charge is -2.38. The second kappa shape index (κ2) is 4.72. The number of ether oxygens (including phenoxy) is 1. The minimum atomic E-state index is -0.0585. The van der Waals surface area contributed by atoms with E-state index in [0.717, 1.165) is 37.4 Å². The Bertz CT molecular complexity index is 486. The molecular formula is C14H20N4O. The topological polar surface area (TPSA) is 49.2 Å². The molecule has 0 atom stereocenters. The van der Waals surface area contributed by atoms with Crippen molar-refractivity contribution in [2.24, 2.45) is 15.4 Å². The van der Waals surface area contributed by atoms with Crippen LogP contribution in [-0.4, -0.2) is 36.9 Å². The molecule has 2 aliphatic heterocycles. The second-order valence-corrected chi connectivity index (χ2v) is 5.01. The van der Waals surface area contributed by atoms with Gasteiger partial charge >= 0.3 is 0 Å². The van der Waals surface area contributed by atoms with Crippen molar-refractivity contribution in [3.63, 3.8) is 0 Å². The van der Waals surface area contributed by atoms with Crippen molar-refractivity contribution in [1.82, 2.24) is 10.4 Å². The first-order valence-corrected chi connectivity index (χ1v) is 6.94. The van der Waals surface area contributed by atoms with Gasteiger partial charge in [-0.3, -0.25) is 10.0 Å². The van der Waals surface area contributed by atoms with Crippen molar-refractivity contribution in [1.29, 1.82) is 0 Å². The van der Waals surface area contributed by atoms with Crippen molar-refractivity contribution in [3.8, 4) is 0 Å². The standard InChI is InChI=1S/C14H20N4O/c1-3-14(4-2)12(17-18-8-7-15-9-18)6-5-11-13(14)16-10-19-11/h5-6,9,17H,3-4,7-8,10H2,1-2H3. The molecule has 0 fully saturated rings. The maximum Gasteiger partial charge on any atom is 0.179 e. The van der Waals surface area contributed by atoms with Gasteiger partial charge in [-0.1, -0.05) is 13.8 Å². The van der Waals surface area contributed by atoms with Crippen molar-refractivity contribution in [3.05, 3.63) is 23.6 Å². The molecule has 0 bridgehead atoms. The highest BCUT2D eigenvalue weighted by Crippen LogP contribution is 2.42. The molecule has 0 saturated carbocycles. The molecule has 3 rings (SSSR count). The Labute approximate surface area is 113 Å². The molecule has 5 nitrogen and oxygen atoms in total. The van der Waals surface area contributed by atoms with Gasteiger partial charge in [-0.2, -0.15) is 0 Å². The van der Waals surface area contributed by atoms with Gasteiger partial charge < -0.3 is 10.2 Å². The first kappa shape index (κ1) is 12.3. The molecule has 0 aromatic carbocycles. The maximum atomic E-state index is 5.58. The van der Waals surface area contributed by atoms with Gasteiger partial charge in [0.2, 0.25) is 0 Å². The van der Waals surface area contributed by atoms with Crippen LogP contribution >= 0.6 is 0 Å². The molecule has 0 aromatic heterocycles. The molecule has 0 radical (unpaired) electrons. The van der Waals surface area contributed by atoms with E-state index in [1.807, 2.05) is 17.4 Å². The van der Waals surface area contributed by atoms with Gasteiger partial charge in [-0.15, -0.1) is 0 Å². The van der Waals surface area contributed by atoms with E-state index in [1.54, 1.807) is 0 Å². The summed E-state index contributed by atoms with van der Waals surface area (Å²) in [4.78, 5) is 8.81. The molecule has 3 aliphatic rings. The number of hydrogen-bond donors (Lipinski definition) is 1. The van der Waals surface area contributed by atoms with Crippen LogP contribution in [0.1, 0.15) is 26.7 Å². The van der Waals surface area contributed by atoms with Crippen molar-refractivity contribution in [2.75, 3.05) is 19.8 Å². The zero-order chi connectivity index (χ0) is 13.3. The molecule has 0 amide bonds. The minimum Gasteiger partial charge on any atom is -0.469 e. The zero-order valence-electron chi connectivity index (χ0n) is 11.5. The summed E-state index contributed by atoms with van der Waals surface area (Å²) in [6.45, 7) is 6.65. The number of hydrogen-bond acceptors (Lipinski definition) is 5. The highest BCUT2D eigenvalue weighted by Gasteiger charge is 2.43. The molecular weight excluding hydrogens is 240 g/mol. The summed E-state index contributed by atoms with van der Waals surface area (Å²) >= 11 is 0. The van der Waals surface area contributed by atoms with Crippen molar-refractivity contribution in [2.45, 2.75) is 26.7 Å². The van der Waals surface area contributed by atoms with Crippen LogP contribution in [0.4, 0.5) is 0 Å². The van der Waals surface area contributed by atoms with Crippen molar-refractivity contribution >= 4 is 12.1 Å². The van der Waals surface area contributed by atoms with E-state index in [1.165, 1.54) is 5.70 Å². The average molecular weight is 260 g/mol. The first-order chi connectivity index (χ1) is 9.30. The summed E-state index contributed by atoms with van der Waals surface area (Å²) in [6.07, 6.45) is 8.02. The van der Waals surface area contributed by atoms with Gasteiger partial charge in [-0.25, -0.2) is 4.99 Å². The molecule has 5 heteroatoms. The summed E-state index contributed by atoms with van der Waals surface area (Å²) in [5, 5.41) is 2.04. The summed E-state index contributed by atoms with van der Waals surface area (Å²) in [7, 11) is 0. The Kier molecular flexibility index (Phi) is 3.05. The molecule has 0 aromatic rings. The van der Waals surface area contributed by atoms with Gasteiger partial charge in [0.1, 0.15) is 12.1 Å². The zero-order valence-corrected chi connectivity index (χ0v) is 11.5. The van der Waals surface area contributed by atoms with E-state index in [9.17, 15) is 0 Å². The Morgan fingerprint density at radius 1 is 1.37 bits per heavy atom. The monoisotopic (exact) mass is 260 g/mol. The molecule has 1 aliphatic carbocycles. The van der Waals surface area contributed by atoms with Gasteiger partial charge in [0.05, 0.1) is 24.2 Å². The summed E-state index contributed by atoms with van der Waals surface area (Å²) in [6, 6.07) is 0. The number of aliphatic imine (C=N–C) groups is 2. The average Bonchev–Trinajstić information content (AvgIpc) is 3.09. The molecule has 0 unspecified atom stereocenters. The predicted molar refractivity (Wildman–Crippen MR) is 75.8 cm³/mol. The summed E-state index contributed by atoms with van der Waals surface area (Å²) in [5.41, 5.74) is 5.72. The van der Waals surface area contributed by atoms with Gasteiger partial charge in [0, 0.05) is 5.70 Å². The fourth-order valence-electron chi connectivity index (χ4n) is 3.00. The number of nitrogens with zero attached hydrogens (tertiary/aromatic N) is 3. The van der Waals surface area contributed by atoms with E-state index >= 15 is 0 Å². The number of nitrogens with one attached hydrogen (secondary N) is 1. The van der Waals surface area contributed by atoms with E-state index < -0.39 is 0 Å². The van der Waals surface area contributed by atoms with E-state index in [-0.39, 0.29) is 5.41 Å². The SMILES string of the molecule is CCC1(CC)C(NN2C=NCC2)=CC=C2OCN=C21. The molecule has 102 valence electrons. The van der Waals surface area contributed by atoms with Crippen LogP contribution in [0.25, 0.3) is 0 Å². The van der Waals surface area contributed by atoms with Gasteiger partial charge in [-0.05, 0) is 25.0 Å². The lowest BCUT2D eigenvalue weighted by molar-refractivity contribution is 0.256. The van der Waals surface area contributed by atoms with E-state index in [0.29, 0.717) is 6.73 Å². The lowest BCUT2D eigenvalue weighted by Crippen LogP contribution is -2.45. The van der Waals surface area contributed by atoms with Gasteiger partial charge in [0.25, 0.3) is 0 Å². The van der Waals surface area contributed by atoms with Crippen LogP contribution in [0, 0.1) is 5.41 Å². The van der Waals surface area contributed by atoms with Crippen LogP contribution < -0.4 is 5.43 Å². The Morgan fingerprint density at radius 2 is 2.21 bits per heavy atom. The normalized spacial score (nSPS) is 23.5. The van der Waals surface area contributed by atoms with Crippen molar-refractivity contribution < 1.29 is 4.74 Å². The predicted octanol–water partition coefficient (Wildman–Crippen LogP) is 1.85. The Hall–Kier alpha value is -1.78. The molecule has 1 N–H and O–H groups in total. The maximum absolute atomic E-state index is 5.58. The Balaban J connectivity index is 1.93. The highest BCUT2D eigenvalue weighted by molar-refractivity contribution is 6.07. The highest BCUT2D eigenvalue weighted by atomic mass is 16.5. The third-order valence-electron chi connectivity index (χ3n) is 4.21. The van der Waals surface area contributed by atoms with E-state index in [4.69, 9.17) is 4.74 Å². The quantitative estimate of drug-likeness (QED) is 0.839. The third kappa shape index (κ3) is 1.84. The van der Waals surface area contributed by atoms with Crippen LogP contribution in [0.3, 0.4) is 0 Å². The minimum absolute atomic E-state index is 0.0585. The van der Waals surface area contributed by atoms with Crippen LogP contribution in [0.5, 0.6) is 0 Å². The molecule has 19 heavy (non-hydrogen) atoms. The number of allylic oxidation sites excluding steroid dienone is 4. The first-order valence-electron chi connectivity index (χ1n) is 6.94. The van der Waals surface area contributed by atoms with Gasteiger partial charge in [0.15, 0.2) is 6.73 Å². The lowest BCUT2D eigenvalue weighted by atomic mass is 9.72. The summed E-state index contributed by atoms with van der Waals surface area (Å²) < 4.78 is 5.58. The molecule has 0 saturated heterocycles. The largest absolute Gasteiger partial charge is 0.469 e. The van der Waals surface area contributed by atoms with Crippen LogP contribution in [-0.2, 0) is 4.74 Å². The second-order valence-electron chi connectivity index (χ2n) is 5.01. The number of hydrazine groups is 1. The summed E-state index contributed by atoms with van der Waals surface area (Å²) in [5.74, 6) is 0.935. The van der Waals surface area contributed by atoms with E-state index in [2.05, 4.69) is 35.3 Å². The fourth-order valence-corrected chi connectivity index (χ4v) is 3.00. The molecule has 2 heterocycles. The Morgan fingerprint density at radius 3 is 2.89 bits per heavy atom. The molecule has 0 spiro atoms. The van der Waals surface area contributed by atoms with Crippen LogP contribution in [0.15, 0.2) is 33.6 Å². The third-order valence-corrected chi connectivity index (χ3v) is 4.21. The smallest absolute Gasteiger partial charge is 0.179 e.